The van der Waals surface area contributed by atoms with Crippen LogP contribution in [0.5, 0.6) is 0 Å². The molecule has 1 aromatic heterocycles. The molecule has 5 heteroatoms. The molecule has 2 aliphatic heterocycles. The highest BCUT2D eigenvalue weighted by Crippen LogP contribution is 2.36. The van der Waals surface area contributed by atoms with Crippen LogP contribution < -0.4 is 0 Å². The second-order valence-electron chi connectivity index (χ2n) is 7.09. The fourth-order valence-corrected chi connectivity index (χ4v) is 5.02. The monoisotopic (exact) mass is 368 g/mol. The summed E-state index contributed by atoms with van der Waals surface area (Å²) in [6.45, 7) is 4.42. The highest BCUT2D eigenvalue weighted by Gasteiger charge is 2.30. The zero-order valence-electron chi connectivity index (χ0n) is 15.1. The molecule has 26 heavy (non-hydrogen) atoms. The van der Waals surface area contributed by atoms with E-state index in [2.05, 4.69) is 18.4 Å². The maximum absolute atomic E-state index is 13.1. The largest absolute Gasteiger partial charge is 0.338 e. The Morgan fingerprint density at radius 2 is 1.96 bits per heavy atom. The van der Waals surface area contributed by atoms with Gasteiger partial charge in [0.2, 0.25) is 5.91 Å². The molecule has 2 amide bonds. The topological polar surface area (TPSA) is 40.6 Å². The van der Waals surface area contributed by atoms with Gasteiger partial charge < -0.3 is 9.80 Å². The van der Waals surface area contributed by atoms with Gasteiger partial charge in [0.1, 0.15) is 0 Å². The van der Waals surface area contributed by atoms with E-state index in [0.717, 1.165) is 43.5 Å². The lowest BCUT2D eigenvalue weighted by Crippen LogP contribution is -2.39. The Labute approximate surface area is 158 Å². The second-order valence-corrected chi connectivity index (χ2v) is 8.09. The van der Waals surface area contributed by atoms with E-state index in [4.69, 9.17) is 0 Å². The van der Waals surface area contributed by atoms with Crippen molar-refractivity contribution in [2.75, 3.05) is 13.1 Å². The molecule has 4 rings (SSSR count). The minimum absolute atomic E-state index is 0.109. The first kappa shape index (κ1) is 17.3. The van der Waals surface area contributed by atoms with Crippen LogP contribution in [-0.4, -0.2) is 34.7 Å². The molecule has 1 aromatic carbocycles. The van der Waals surface area contributed by atoms with Crippen LogP contribution in [0.15, 0.2) is 35.7 Å². The summed E-state index contributed by atoms with van der Waals surface area (Å²) in [4.78, 5) is 30.2. The predicted octanol–water partition coefficient (Wildman–Crippen LogP) is 4.02. The van der Waals surface area contributed by atoms with Crippen molar-refractivity contribution in [3.8, 4) is 0 Å². The smallest absolute Gasteiger partial charge is 0.254 e. The molecule has 3 heterocycles. The van der Waals surface area contributed by atoms with E-state index in [-0.39, 0.29) is 17.9 Å². The highest BCUT2D eigenvalue weighted by atomic mass is 32.1. The quantitative estimate of drug-likeness (QED) is 0.818. The van der Waals surface area contributed by atoms with Crippen LogP contribution in [0.25, 0.3) is 0 Å². The number of likely N-dealkylation sites (tertiary alicyclic amines) is 1. The Hall–Kier alpha value is -2.14. The van der Waals surface area contributed by atoms with E-state index in [9.17, 15) is 9.59 Å². The summed E-state index contributed by atoms with van der Waals surface area (Å²) in [7, 11) is 0. The lowest BCUT2D eigenvalue weighted by molar-refractivity contribution is -0.128. The molecule has 2 aliphatic rings. The van der Waals surface area contributed by atoms with Gasteiger partial charge in [0.05, 0.1) is 6.04 Å². The first-order valence-corrected chi connectivity index (χ1v) is 10.3. The van der Waals surface area contributed by atoms with E-state index >= 15 is 0 Å². The SMILES string of the molecule is CCC1c2ccsc2CCN1C(=O)c1ccc(CN2CCCC2=O)cc1. The molecule has 1 unspecified atom stereocenters. The summed E-state index contributed by atoms with van der Waals surface area (Å²) in [6, 6.07) is 10.1. The number of thiophene rings is 1. The number of carbonyl (C=O) groups is 2. The van der Waals surface area contributed by atoms with E-state index in [1.807, 2.05) is 34.1 Å². The van der Waals surface area contributed by atoms with E-state index in [0.29, 0.717) is 13.0 Å². The summed E-state index contributed by atoms with van der Waals surface area (Å²) < 4.78 is 0. The zero-order valence-corrected chi connectivity index (χ0v) is 15.9. The van der Waals surface area contributed by atoms with Gasteiger partial charge in [-0.3, -0.25) is 9.59 Å². The summed E-state index contributed by atoms with van der Waals surface area (Å²) in [5.74, 6) is 0.341. The molecule has 0 N–H and O–H groups in total. The maximum atomic E-state index is 13.1. The summed E-state index contributed by atoms with van der Waals surface area (Å²) in [5, 5.41) is 2.13. The molecule has 4 nitrogen and oxygen atoms in total. The van der Waals surface area contributed by atoms with Crippen molar-refractivity contribution in [3.63, 3.8) is 0 Å². The van der Waals surface area contributed by atoms with Crippen LogP contribution >= 0.6 is 11.3 Å². The van der Waals surface area contributed by atoms with Gasteiger partial charge in [0.25, 0.3) is 5.91 Å². The van der Waals surface area contributed by atoms with Crippen LogP contribution in [0.2, 0.25) is 0 Å². The highest BCUT2D eigenvalue weighted by molar-refractivity contribution is 7.10. The van der Waals surface area contributed by atoms with Gasteiger partial charge in [0.15, 0.2) is 0 Å². The Morgan fingerprint density at radius 1 is 1.15 bits per heavy atom. The number of amides is 2. The summed E-state index contributed by atoms with van der Waals surface area (Å²) in [6.07, 6.45) is 3.50. The fraction of sp³-hybridized carbons (Fsp3) is 0.429. The normalized spacial score (nSPS) is 19.7. The van der Waals surface area contributed by atoms with Crippen LogP contribution in [0.1, 0.15) is 58.6 Å². The molecule has 0 radical (unpaired) electrons. The van der Waals surface area contributed by atoms with E-state index < -0.39 is 0 Å². The number of hydrogen-bond acceptors (Lipinski definition) is 3. The summed E-state index contributed by atoms with van der Waals surface area (Å²) >= 11 is 1.80. The molecular formula is C21H24N2O2S. The van der Waals surface area contributed by atoms with Crippen molar-refractivity contribution in [2.45, 2.75) is 45.2 Å². The Balaban J connectivity index is 1.49. The third kappa shape index (κ3) is 3.16. The molecule has 0 aliphatic carbocycles. The van der Waals surface area contributed by atoms with Crippen molar-refractivity contribution in [1.82, 2.24) is 9.80 Å². The average Bonchev–Trinajstić information content (AvgIpc) is 3.30. The maximum Gasteiger partial charge on any atom is 0.254 e. The summed E-state index contributed by atoms with van der Waals surface area (Å²) in [5.41, 5.74) is 3.14. The third-order valence-electron chi connectivity index (χ3n) is 5.49. The van der Waals surface area contributed by atoms with E-state index in [1.165, 1.54) is 10.4 Å². The molecule has 1 saturated heterocycles. The molecule has 1 fully saturated rings. The lowest BCUT2D eigenvalue weighted by Gasteiger charge is -2.35. The minimum Gasteiger partial charge on any atom is -0.338 e. The minimum atomic E-state index is 0.109. The van der Waals surface area contributed by atoms with Gasteiger partial charge in [-0.25, -0.2) is 0 Å². The molecule has 2 aromatic rings. The Kier molecular flexibility index (Phi) is 4.81. The first-order chi connectivity index (χ1) is 12.7. The lowest BCUT2D eigenvalue weighted by atomic mass is 9.96. The van der Waals surface area contributed by atoms with Crippen molar-refractivity contribution < 1.29 is 9.59 Å². The zero-order chi connectivity index (χ0) is 18.1. The second kappa shape index (κ2) is 7.23. The van der Waals surface area contributed by atoms with Gasteiger partial charge >= 0.3 is 0 Å². The number of nitrogens with zero attached hydrogens (tertiary/aromatic N) is 2. The van der Waals surface area contributed by atoms with Gasteiger partial charge in [-0.05, 0) is 54.0 Å². The third-order valence-corrected chi connectivity index (χ3v) is 6.48. The van der Waals surface area contributed by atoms with Gasteiger partial charge in [-0.15, -0.1) is 11.3 Å². The number of benzene rings is 1. The van der Waals surface area contributed by atoms with Crippen molar-refractivity contribution in [3.05, 3.63) is 57.3 Å². The van der Waals surface area contributed by atoms with Crippen molar-refractivity contribution in [1.29, 1.82) is 0 Å². The fourth-order valence-electron chi connectivity index (χ4n) is 4.09. The van der Waals surface area contributed by atoms with E-state index in [1.54, 1.807) is 11.3 Å². The Bertz CT molecular complexity index is 812. The number of fused-ring (bicyclic) bond motifs is 1. The first-order valence-electron chi connectivity index (χ1n) is 9.41. The molecule has 1 atom stereocenters. The van der Waals surface area contributed by atoms with Gasteiger partial charge in [0, 0.05) is 36.5 Å². The van der Waals surface area contributed by atoms with Gasteiger partial charge in [-0.2, -0.15) is 0 Å². The predicted molar refractivity (Wildman–Crippen MR) is 103 cm³/mol. The van der Waals surface area contributed by atoms with Crippen molar-refractivity contribution >= 4 is 23.2 Å². The molecule has 0 bridgehead atoms. The van der Waals surface area contributed by atoms with Crippen molar-refractivity contribution in [2.24, 2.45) is 0 Å². The van der Waals surface area contributed by atoms with Crippen LogP contribution in [-0.2, 0) is 17.8 Å². The molecule has 136 valence electrons. The standard InChI is InChI=1S/C21H24N2O2S/c1-2-18-17-10-13-26-19(17)9-12-23(18)21(25)16-7-5-15(6-8-16)14-22-11-3-4-20(22)24/h5-8,10,13,18H,2-4,9,11-12,14H2,1H3. The van der Waals surface area contributed by atoms with Gasteiger partial charge in [-0.1, -0.05) is 19.1 Å². The molecule has 0 saturated carbocycles. The number of carbonyl (C=O) groups excluding carboxylic acids is 2. The average molecular weight is 369 g/mol. The van der Waals surface area contributed by atoms with Crippen LogP contribution in [0.4, 0.5) is 0 Å². The molecular weight excluding hydrogens is 344 g/mol. The number of hydrogen-bond donors (Lipinski definition) is 0. The van der Waals surface area contributed by atoms with Crippen LogP contribution in [0, 0.1) is 0 Å². The van der Waals surface area contributed by atoms with Crippen LogP contribution in [0.3, 0.4) is 0 Å². The molecule has 0 spiro atoms. The number of rotatable bonds is 4. The Morgan fingerprint density at radius 3 is 2.65 bits per heavy atom.